The van der Waals surface area contributed by atoms with Crippen molar-refractivity contribution in [2.45, 2.75) is 31.3 Å². The van der Waals surface area contributed by atoms with Crippen LogP contribution in [0.2, 0.25) is 0 Å². The smallest absolute Gasteiger partial charge is 0.0390 e. The number of nitrogens with two attached hydrogens (primary N) is 1. The number of hydrogen-bond acceptors (Lipinski definition) is 2. The van der Waals surface area contributed by atoms with Crippen molar-refractivity contribution >= 4 is 0 Å². The monoisotopic (exact) mass is 266 g/mol. The quantitative estimate of drug-likeness (QED) is 0.893. The molecule has 3 N–H and O–H groups in total. The first-order valence-corrected chi connectivity index (χ1v) is 7.32. The Kier molecular flexibility index (Phi) is 3.60. The lowest BCUT2D eigenvalue weighted by molar-refractivity contribution is 0.313. The summed E-state index contributed by atoms with van der Waals surface area (Å²) in [5, 5.41) is 3.78. The zero-order valence-electron chi connectivity index (χ0n) is 12.0. The first-order chi connectivity index (χ1) is 9.72. The molecule has 0 saturated carbocycles. The van der Waals surface area contributed by atoms with E-state index in [0.29, 0.717) is 12.6 Å². The van der Waals surface area contributed by atoms with Gasteiger partial charge in [-0.15, -0.1) is 0 Å². The van der Waals surface area contributed by atoms with Gasteiger partial charge in [0.2, 0.25) is 0 Å². The van der Waals surface area contributed by atoms with Gasteiger partial charge in [0, 0.05) is 18.1 Å². The average molecular weight is 266 g/mol. The van der Waals surface area contributed by atoms with Crippen LogP contribution < -0.4 is 11.1 Å². The van der Waals surface area contributed by atoms with Crippen LogP contribution >= 0.6 is 0 Å². The zero-order valence-corrected chi connectivity index (χ0v) is 12.0. The maximum atomic E-state index is 6.11. The Labute approximate surface area is 121 Å². The highest BCUT2D eigenvalue weighted by atomic mass is 15.0. The van der Waals surface area contributed by atoms with Crippen molar-refractivity contribution in [3.63, 3.8) is 0 Å². The fraction of sp³-hybridized carbons (Fsp3) is 0.333. The second-order valence-electron chi connectivity index (χ2n) is 5.88. The van der Waals surface area contributed by atoms with Crippen LogP contribution in [0.4, 0.5) is 0 Å². The van der Waals surface area contributed by atoms with Gasteiger partial charge in [0.1, 0.15) is 0 Å². The summed E-state index contributed by atoms with van der Waals surface area (Å²) in [6, 6.07) is 19.6. The van der Waals surface area contributed by atoms with Crippen molar-refractivity contribution in [3.05, 3.63) is 71.3 Å². The number of fused-ring (bicyclic) bond motifs is 1. The van der Waals surface area contributed by atoms with E-state index in [1.54, 1.807) is 0 Å². The highest BCUT2D eigenvalue weighted by molar-refractivity contribution is 5.37. The molecule has 0 amide bonds. The zero-order chi connectivity index (χ0) is 14.0. The van der Waals surface area contributed by atoms with Crippen LogP contribution in [0.25, 0.3) is 0 Å². The summed E-state index contributed by atoms with van der Waals surface area (Å²) in [6.07, 6.45) is 2.05. The predicted octanol–water partition coefficient (Wildman–Crippen LogP) is 2.83. The number of benzene rings is 2. The lowest BCUT2D eigenvalue weighted by Crippen LogP contribution is -2.52. The first kappa shape index (κ1) is 13.3. The van der Waals surface area contributed by atoms with Crippen LogP contribution in [0.15, 0.2) is 54.6 Å². The van der Waals surface area contributed by atoms with E-state index in [-0.39, 0.29) is 5.54 Å². The Hall–Kier alpha value is -1.64. The van der Waals surface area contributed by atoms with E-state index in [1.807, 2.05) is 0 Å². The average Bonchev–Trinajstić information content (AvgIpc) is 2.86. The van der Waals surface area contributed by atoms with Crippen molar-refractivity contribution in [1.82, 2.24) is 5.32 Å². The summed E-state index contributed by atoms with van der Waals surface area (Å²) >= 11 is 0. The molecule has 1 unspecified atom stereocenters. The minimum absolute atomic E-state index is 0.00105. The first-order valence-electron chi connectivity index (χ1n) is 7.32. The van der Waals surface area contributed by atoms with E-state index in [1.165, 1.54) is 16.7 Å². The standard InChI is InChI=1S/C18H22N2/c1-14(15-7-3-2-4-8-15)20-18(13-19)11-16-9-5-6-10-17(16)12-18/h2-10,14,20H,11-13,19H2,1H3. The maximum absolute atomic E-state index is 6.11. The molecule has 1 atom stereocenters. The molecular formula is C18H22N2. The molecule has 0 bridgehead atoms. The van der Waals surface area contributed by atoms with Gasteiger partial charge in [-0.3, -0.25) is 0 Å². The molecule has 0 radical (unpaired) electrons. The summed E-state index contributed by atoms with van der Waals surface area (Å²) in [5.41, 5.74) is 10.3. The molecule has 2 nitrogen and oxygen atoms in total. The molecule has 1 aliphatic rings. The van der Waals surface area contributed by atoms with Crippen molar-refractivity contribution < 1.29 is 0 Å². The minimum atomic E-state index is -0.00105. The molecular weight excluding hydrogens is 244 g/mol. The van der Waals surface area contributed by atoms with Crippen LogP contribution in [-0.4, -0.2) is 12.1 Å². The lowest BCUT2D eigenvalue weighted by Gasteiger charge is -2.33. The van der Waals surface area contributed by atoms with Crippen LogP contribution in [0.3, 0.4) is 0 Å². The molecule has 104 valence electrons. The van der Waals surface area contributed by atoms with Gasteiger partial charge >= 0.3 is 0 Å². The Balaban J connectivity index is 1.79. The molecule has 1 aliphatic carbocycles. The highest BCUT2D eigenvalue weighted by Crippen LogP contribution is 2.31. The van der Waals surface area contributed by atoms with Crippen LogP contribution in [0, 0.1) is 0 Å². The number of rotatable bonds is 4. The largest absolute Gasteiger partial charge is 0.329 e. The lowest BCUT2D eigenvalue weighted by atomic mass is 9.93. The van der Waals surface area contributed by atoms with Crippen LogP contribution in [0.5, 0.6) is 0 Å². The van der Waals surface area contributed by atoms with Crippen molar-refractivity contribution in [3.8, 4) is 0 Å². The van der Waals surface area contributed by atoms with E-state index in [4.69, 9.17) is 5.73 Å². The van der Waals surface area contributed by atoms with Crippen LogP contribution in [-0.2, 0) is 12.8 Å². The second kappa shape index (κ2) is 5.39. The van der Waals surface area contributed by atoms with Gasteiger partial charge in [-0.2, -0.15) is 0 Å². The topological polar surface area (TPSA) is 38.0 Å². The van der Waals surface area contributed by atoms with Gasteiger partial charge in [0.25, 0.3) is 0 Å². The highest BCUT2D eigenvalue weighted by Gasteiger charge is 2.36. The van der Waals surface area contributed by atoms with Gasteiger partial charge in [-0.25, -0.2) is 0 Å². The van der Waals surface area contributed by atoms with E-state index < -0.39 is 0 Å². The normalized spacial score (nSPS) is 17.7. The van der Waals surface area contributed by atoms with Crippen molar-refractivity contribution in [2.24, 2.45) is 5.73 Å². The molecule has 0 fully saturated rings. The minimum Gasteiger partial charge on any atom is -0.329 e. The molecule has 2 heteroatoms. The third-order valence-corrected chi connectivity index (χ3v) is 4.39. The molecule has 0 saturated heterocycles. The molecule has 20 heavy (non-hydrogen) atoms. The molecule has 0 aliphatic heterocycles. The van der Waals surface area contributed by atoms with Gasteiger partial charge < -0.3 is 11.1 Å². The number of hydrogen-bond donors (Lipinski definition) is 2. The van der Waals surface area contributed by atoms with Crippen LogP contribution in [0.1, 0.15) is 29.7 Å². The van der Waals surface area contributed by atoms with Crippen molar-refractivity contribution in [2.75, 3.05) is 6.54 Å². The van der Waals surface area contributed by atoms with Gasteiger partial charge in [0.05, 0.1) is 0 Å². The Morgan fingerprint density at radius 2 is 1.55 bits per heavy atom. The van der Waals surface area contributed by atoms with E-state index >= 15 is 0 Å². The van der Waals surface area contributed by atoms with Gasteiger partial charge in [-0.1, -0.05) is 54.6 Å². The Bertz CT molecular complexity index is 552. The molecule has 0 spiro atoms. The fourth-order valence-electron chi connectivity index (χ4n) is 3.28. The van der Waals surface area contributed by atoms with E-state index in [9.17, 15) is 0 Å². The number of nitrogens with one attached hydrogen (secondary N) is 1. The molecule has 3 rings (SSSR count). The molecule has 2 aromatic carbocycles. The van der Waals surface area contributed by atoms with Gasteiger partial charge in [0.15, 0.2) is 0 Å². The predicted molar refractivity (Wildman–Crippen MR) is 83.6 cm³/mol. The third-order valence-electron chi connectivity index (χ3n) is 4.39. The molecule has 2 aromatic rings. The summed E-state index contributed by atoms with van der Waals surface area (Å²) in [7, 11) is 0. The third kappa shape index (κ3) is 2.49. The van der Waals surface area contributed by atoms with E-state index in [0.717, 1.165) is 12.8 Å². The summed E-state index contributed by atoms with van der Waals surface area (Å²) < 4.78 is 0. The summed E-state index contributed by atoms with van der Waals surface area (Å²) in [6.45, 7) is 2.88. The summed E-state index contributed by atoms with van der Waals surface area (Å²) in [4.78, 5) is 0. The van der Waals surface area contributed by atoms with Crippen molar-refractivity contribution in [1.29, 1.82) is 0 Å². The second-order valence-corrected chi connectivity index (χ2v) is 5.88. The SMILES string of the molecule is CC(NC1(CN)Cc2ccccc2C1)c1ccccc1. The Morgan fingerprint density at radius 3 is 2.10 bits per heavy atom. The Morgan fingerprint density at radius 1 is 1.00 bits per heavy atom. The maximum Gasteiger partial charge on any atom is 0.0390 e. The fourth-order valence-corrected chi connectivity index (χ4v) is 3.28. The van der Waals surface area contributed by atoms with Gasteiger partial charge in [-0.05, 0) is 36.5 Å². The van der Waals surface area contributed by atoms with E-state index in [2.05, 4.69) is 66.8 Å². The molecule has 0 aromatic heterocycles. The molecule has 0 heterocycles. The summed E-state index contributed by atoms with van der Waals surface area (Å²) in [5.74, 6) is 0.